The number of rotatable bonds is 6. The predicted molar refractivity (Wildman–Crippen MR) is 154 cm³/mol. The number of carbonyl (C=O) groups excluding carboxylic acids is 2. The van der Waals surface area contributed by atoms with Crippen LogP contribution in [0, 0.1) is 11.8 Å². The molecule has 2 aliphatic rings. The van der Waals surface area contributed by atoms with Crippen molar-refractivity contribution in [3.05, 3.63) is 45.0 Å². The molecule has 2 N–H and O–H groups in total. The van der Waals surface area contributed by atoms with Gasteiger partial charge in [0.25, 0.3) is 0 Å². The fraction of sp³-hybridized carbons (Fsp3) is 0.500. The molecule has 0 radical (unpaired) electrons. The van der Waals surface area contributed by atoms with Gasteiger partial charge in [-0.1, -0.05) is 37.0 Å². The summed E-state index contributed by atoms with van der Waals surface area (Å²) in [6.45, 7) is 9.80. The van der Waals surface area contributed by atoms with E-state index in [0.29, 0.717) is 47.0 Å². The molecular formula is C28H32Cl2Li2N8O4. The second kappa shape index (κ2) is 15.9. The van der Waals surface area contributed by atoms with Crippen LogP contribution < -0.4 is 47.9 Å². The Labute approximate surface area is 289 Å². The van der Waals surface area contributed by atoms with Crippen LogP contribution in [0.2, 0.25) is 10.3 Å². The van der Waals surface area contributed by atoms with Gasteiger partial charge in [0.1, 0.15) is 11.0 Å². The van der Waals surface area contributed by atoms with Gasteiger partial charge < -0.3 is 19.8 Å². The standard InChI is InChI=1S/2C14H17ClN4O2.2Li/c2*1-8-3-2-4-19(6-8)7-9-5-10(14(20)21)16-12-11(9)17-18-13(12)15;;/h2*5,8H,2-4,6-7H2,1H3,(H,17,18)(H,20,21);;/q;;2*+1/p-2/t2*8-;;/m00../s1. The molecule has 4 aromatic rings. The van der Waals surface area contributed by atoms with Crippen molar-refractivity contribution in [1.29, 1.82) is 0 Å². The molecular weight excluding hydrogens is 597 g/mol. The second-order valence-corrected chi connectivity index (χ2v) is 12.1. The molecule has 0 aliphatic carbocycles. The summed E-state index contributed by atoms with van der Waals surface area (Å²) in [5, 5.41) is 36.1. The minimum Gasteiger partial charge on any atom is -0.543 e. The van der Waals surface area contributed by atoms with Crippen molar-refractivity contribution in [2.24, 2.45) is 11.8 Å². The molecule has 0 amide bonds. The monoisotopic (exact) mass is 628 g/mol. The van der Waals surface area contributed by atoms with Crippen molar-refractivity contribution in [3.8, 4) is 0 Å². The normalized spacial score (nSPS) is 19.1. The molecule has 6 heterocycles. The van der Waals surface area contributed by atoms with Crippen LogP contribution in [0.1, 0.15) is 71.6 Å². The first-order valence-electron chi connectivity index (χ1n) is 14.0. The molecule has 0 bridgehead atoms. The number of nitrogens with one attached hydrogen (secondary N) is 2. The van der Waals surface area contributed by atoms with E-state index in [4.69, 9.17) is 23.2 Å². The summed E-state index contributed by atoms with van der Waals surface area (Å²) in [5.41, 5.74) is 3.64. The van der Waals surface area contributed by atoms with Crippen LogP contribution in [0.4, 0.5) is 0 Å². The molecule has 12 nitrogen and oxygen atoms in total. The number of aromatic nitrogens is 6. The van der Waals surface area contributed by atoms with Crippen molar-refractivity contribution < 1.29 is 57.5 Å². The Hall–Kier alpha value is -2.13. The van der Waals surface area contributed by atoms with E-state index in [1.54, 1.807) is 12.1 Å². The minimum absolute atomic E-state index is 0. The van der Waals surface area contributed by atoms with Crippen molar-refractivity contribution in [2.45, 2.75) is 52.6 Å². The van der Waals surface area contributed by atoms with Gasteiger partial charge in [0, 0.05) is 26.2 Å². The molecule has 2 aliphatic heterocycles. The molecule has 0 spiro atoms. The molecule has 0 saturated carbocycles. The van der Waals surface area contributed by atoms with Gasteiger partial charge in [0.05, 0.1) is 34.4 Å². The first kappa shape index (κ1) is 36.3. The van der Waals surface area contributed by atoms with E-state index >= 15 is 0 Å². The first-order valence-corrected chi connectivity index (χ1v) is 14.8. The second-order valence-electron chi connectivity index (χ2n) is 11.3. The number of halogens is 2. The van der Waals surface area contributed by atoms with Gasteiger partial charge in [0.15, 0.2) is 10.3 Å². The van der Waals surface area contributed by atoms with Crippen molar-refractivity contribution in [2.75, 3.05) is 26.2 Å². The van der Waals surface area contributed by atoms with E-state index in [2.05, 4.69) is 54.0 Å². The Morgan fingerprint density at radius 1 is 0.795 bits per heavy atom. The quantitative estimate of drug-likeness (QED) is 0.204. The maximum Gasteiger partial charge on any atom is 1.00 e. The zero-order valence-corrected chi connectivity index (χ0v) is 27.0. The number of piperidine rings is 2. The van der Waals surface area contributed by atoms with Gasteiger partial charge in [-0.3, -0.25) is 20.0 Å². The minimum atomic E-state index is -1.30. The average molecular weight is 629 g/mol. The number of hydrogen-bond acceptors (Lipinski definition) is 10. The maximum atomic E-state index is 11.1. The van der Waals surface area contributed by atoms with E-state index < -0.39 is 11.9 Å². The summed E-state index contributed by atoms with van der Waals surface area (Å²) in [6.07, 6.45) is 4.80. The Balaban J connectivity index is 0.000000230. The molecule has 6 rings (SSSR count). The first-order chi connectivity index (χ1) is 20.1. The van der Waals surface area contributed by atoms with Crippen LogP contribution in [0.15, 0.2) is 12.1 Å². The van der Waals surface area contributed by atoms with Crippen LogP contribution >= 0.6 is 23.2 Å². The Morgan fingerprint density at radius 2 is 1.18 bits per heavy atom. The maximum absolute atomic E-state index is 11.1. The summed E-state index contributed by atoms with van der Waals surface area (Å²) >= 11 is 11.9. The van der Waals surface area contributed by atoms with E-state index in [-0.39, 0.29) is 59.4 Å². The van der Waals surface area contributed by atoms with Gasteiger partial charge in [-0.25, -0.2) is 9.97 Å². The molecule has 0 aromatic carbocycles. The molecule has 2 fully saturated rings. The Kier molecular flexibility index (Phi) is 13.2. The largest absolute Gasteiger partial charge is 1.00 e. The predicted octanol–water partition coefficient (Wildman–Crippen LogP) is -3.58. The van der Waals surface area contributed by atoms with Crippen LogP contribution in [-0.2, 0) is 13.1 Å². The molecule has 2 saturated heterocycles. The van der Waals surface area contributed by atoms with E-state index in [1.807, 2.05) is 0 Å². The summed E-state index contributed by atoms with van der Waals surface area (Å²) in [7, 11) is 0. The molecule has 2 atom stereocenters. The number of fused-ring (bicyclic) bond motifs is 2. The van der Waals surface area contributed by atoms with E-state index in [0.717, 1.165) is 50.1 Å². The van der Waals surface area contributed by atoms with Gasteiger partial charge >= 0.3 is 37.7 Å². The number of carboxylic acids is 2. The number of aromatic amines is 2. The van der Waals surface area contributed by atoms with Crippen LogP contribution in [0.5, 0.6) is 0 Å². The summed E-state index contributed by atoms with van der Waals surface area (Å²) < 4.78 is 0. The molecule has 44 heavy (non-hydrogen) atoms. The van der Waals surface area contributed by atoms with Crippen molar-refractivity contribution in [3.63, 3.8) is 0 Å². The number of hydrogen-bond donors (Lipinski definition) is 2. The average Bonchev–Trinajstić information content (AvgIpc) is 3.51. The number of carbonyl (C=O) groups is 2. The number of carboxylic acid groups (broad SMARTS) is 2. The number of pyridine rings is 2. The van der Waals surface area contributed by atoms with E-state index in [1.165, 1.54) is 12.8 Å². The zero-order chi connectivity index (χ0) is 30.0. The smallest absolute Gasteiger partial charge is 0.543 e. The third-order valence-corrected chi connectivity index (χ3v) is 8.34. The Bertz CT molecular complexity index is 1500. The number of nitrogens with zero attached hydrogens (tertiary/aromatic N) is 6. The summed E-state index contributed by atoms with van der Waals surface area (Å²) in [4.78, 5) is 34.9. The van der Waals surface area contributed by atoms with Crippen LogP contribution in [0.3, 0.4) is 0 Å². The van der Waals surface area contributed by atoms with Crippen LogP contribution in [0.25, 0.3) is 22.1 Å². The SMILES string of the molecule is C[C@H]1CCCN(Cc2cc(C(=O)[O-])nc3c(Cl)n[nH]c23)C1.C[C@H]1CCCN(Cc2cc(C(=O)[O-])nc3c(Cl)n[nH]c23)C1.[Li+].[Li+]. The molecule has 0 unspecified atom stereocenters. The van der Waals surface area contributed by atoms with Crippen molar-refractivity contribution in [1.82, 2.24) is 40.2 Å². The fourth-order valence-corrected chi connectivity index (χ4v) is 6.22. The zero-order valence-electron chi connectivity index (χ0n) is 25.5. The van der Waals surface area contributed by atoms with Crippen LogP contribution in [-0.4, -0.2) is 78.3 Å². The molecule has 4 aromatic heterocycles. The third-order valence-electron chi connectivity index (χ3n) is 7.81. The van der Waals surface area contributed by atoms with Gasteiger partial charge in [-0.2, -0.15) is 10.2 Å². The number of H-pyrrole nitrogens is 2. The van der Waals surface area contributed by atoms with Gasteiger partial charge in [-0.15, -0.1) is 0 Å². The van der Waals surface area contributed by atoms with Gasteiger partial charge in [0.2, 0.25) is 0 Å². The fourth-order valence-electron chi connectivity index (χ4n) is 5.86. The van der Waals surface area contributed by atoms with Crippen molar-refractivity contribution >= 4 is 57.2 Å². The van der Waals surface area contributed by atoms with Gasteiger partial charge in [-0.05, 0) is 73.9 Å². The number of likely N-dealkylation sites (tertiary alicyclic amines) is 2. The Morgan fingerprint density at radius 3 is 1.52 bits per heavy atom. The topological polar surface area (TPSA) is 170 Å². The van der Waals surface area contributed by atoms with E-state index in [9.17, 15) is 19.8 Å². The summed E-state index contributed by atoms with van der Waals surface area (Å²) in [5.74, 6) is -1.30. The molecule has 16 heteroatoms. The summed E-state index contributed by atoms with van der Waals surface area (Å²) in [6, 6.07) is 3.09. The molecule has 224 valence electrons. The third kappa shape index (κ3) is 8.57. The number of aromatic carboxylic acids is 2.